The largest absolute Gasteiger partial charge is 0.377 e. The summed E-state index contributed by atoms with van der Waals surface area (Å²) < 4.78 is 22.9. The van der Waals surface area contributed by atoms with Crippen LogP contribution >= 0.6 is 0 Å². The Bertz CT molecular complexity index is 171. The average molecular weight is 114 g/mol. The van der Waals surface area contributed by atoms with E-state index in [9.17, 15) is 8.78 Å². The molecule has 0 spiro atoms. The Balaban J connectivity index is 4.41. The van der Waals surface area contributed by atoms with Crippen LogP contribution < -0.4 is 0 Å². The summed E-state index contributed by atoms with van der Waals surface area (Å²) in [5, 5.41) is 7.57. The fraction of sp³-hybridized carbons (Fsp3) is 0. The van der Waals surface area contributed by atoms with Crippen LogP contribution in [0.3, 0.4) is 0 Å². The van der Waals surface area contributed by atoms with E-state index in [4.69, 9.17) is 11.8 Å². The fourth-order valence-electron chi connectivity index (χ4n) is 0.0952. The van der Waals surface area contributed by atoms with Crippen molar-refractivity contribution in [3.8, 4) is 6.07 Å². The second kappa shape index (κ2) is 2.70. The van der Waals surface area contributed by atoms with Crippen LogP contribution in [0.4, 0.5) is 8.78 Å². The van der Waals surface area contributed by atoms with Gasteiger partial charge in [-0.15, -0.1) is 0 Å². The highest BCUT2D eigenvalue weighted by atomic mass is 19.2. The van der Waals surface area contributed by atoms with Crippen molar-refractivity contribution in [2.24, 2.45) is 0 Å². The maximum Gasteiger partial charge on any atom is 0.377 e. The van der Waals surface area contributed by atoms with Gasteiger partial charge in [-0.1, -0.05) is 0 Å². The molecule has 0 amide bonds. The third-order valence-corrected chi connectivity index (χ3v) is 0.377. The van der Waals surface area contributed by atoms with Gasteiger partial charge in [0.1, 0.15) is 6.07 Å². The molecule has 0 aliphatic rings. The van der Waals surface area contributed by atoms with Crippen molar-refractivity contribution >= 4 is 0 Å². The molecule has 0 N–H and O–H groups in total. The van der Waals surface area contributed by atoms with Gasteiger partial charge < -0.3 is 0 Å². The number of hydrogen-bond donors (Lipinski definition) is 0. The molecule has 0 atom stereocenters. The summed E-state index contributed by atoms with van der Waals surface area (Å²) in [6.07, 6.45) is 0. The summed E-state index contributed by atoms with van der Waals surface area (Å²) in [4.78, 5) is 2.02. The Morgan fingerprint density at radius 3 is 2.25 bits per heavy atom. The van der Waals surface area contributed by atoms with E-state index >= 15 is 0 Å². The zero-order valence-corrected chi connectivity index (χ0v) is 3.65. The number of nitrogens with zero attached hydrogens (tertiary/aromatic N) is 2. The van der Waals surface area contributed by atoms with E-state index in [-0.39, 0.29) is 0 Å². The van der Waals surface area contributed by atoms with Crippen molar-refractivity contribution in [3.05, 3.63) is 23.2 Å². The Kier molecular flexibility index (Phi) is 2.22. The molecule has 0 bridgehead atoms. The van der Waals surface area contributed by atoms with E-state index in [2.05, 4.69) is 0 Å². The molecule has 0 unspecified atom stereocenters. The van der Waals surface area contributed by atoms with Crippen LogP contribution in [-0.4, -0.2) is 0 Å². The van der Waals surface area contributed by atoms with Gasteiger partial charge in [0.2, 0.25) is 5.83 Å². The predicted molar refractivity (Wildman–Crippen MR) is 21.5 cm³/mol. The quantitative estimate of drug-likeness (QED) is 0.266. The lowest BCUT2D eigenvalue weighted by atomic mass is 10.6. The monoisotopic (exact) mass is 114 g/mol. The lowest BCUT2D eigenvalue weighted by Crippen LogP contribution is -1.66. The molecular weight excluding hydrogens is 114 g/mol. The summed E-state index contributed by atoms with van der Waals surface area (Å²) in [6, 6.07) is 0.840. The first-order valence-corrected chi connectivity index (χ1v) is 1.55. The maximum atomic E-state index is 11.5. The topological polar surface area (TPSA) is 28.1 Å². The molecule has 0 fully saturated rings. The molecule has 0 aromatic heterocycles. The van der Waals surface area contributed by atoms with Crippen molar-refractivity contribution < 1.29 is 8.78 Å². The van der Waals surface area contributed by atoms with Gasteiger partial charge in [-0.05, 0) is 0 Å². The predicted octanol–water partition coefficient (Wildman–Crippen LogP) is 1.54. The van der Waals surface area contributed by atoms with E-state index in [0.717, 1.165) is 6.07 Å². The second-order valence-electron chi connectivity index (χ2n) is 0.828. The lowest BCUT2D eigenvalue weighted by Gasteiger charge is -1.73. The number of nitriles is 1. The SMILES string of the molecule is [C-]#[N+]/C(F)=C(/F)C#N. The van der Waals surface area contributed by atoms with Gasteiger partial charge in [0, 0.05) is 0 Å². The molecule has 0 saturated carbocycles. The van der Waals surface area contributed by atoms with Crippen LogP contribution in [0.1, 0.15) is 0 Å². The molecule has 0 aromatic rings. The summed E-state index contributed by atoms with van der Waals surface area (Å²) in [7, 11) is 0. The van der Waals surface area contributed by atoms with Gasteiger partial charge in [-0.25, -0.2) is 13.6 Å². The first-order chi connectivity index (χ1) is 3.72. The van der Waals surface area contributed by atoms with E-state index < -0.39 is 11.8 Å². The van der Waals surface area contributed by atoms with Crippen LogP contribution in [0.5, 0.6) is 0 Å². The van der Waals surface area contributed by atoms with Gasteiger partial charge in [0.05, 0.1) is 6.57 Å². The van der Waals surface area contributed by atoms with Gasteiger partial charge in [0.15, 0.2) is 0 Å². The van der Waals surface area contributed by atoms with Gasteiger partial charge in [-0.3, -0.25) is 0 Å². The number of allylic oxidation sites excluding steroid dienone is 1. The van der Waals surface area contributed by atoms with E-state index in [1.165, 1.54) is 0 Å². The maximum absolute atomic E-state index is 11.5. The zero-order chi connectivity index (χ0) is 6.57. The smallest absolute Gasteiger partial charge is 0.233 e. The Morgan fingerprint density at radius 1 is 1.62 bits per heavy atom. The molecule has 2 nitrogen and oxygen atoms in total. The first kappa shape index (κ1) is 6.58. The van der Waals surface area contributed by atoms with Gasteiger partial charge in [-0.2, -0.15) is 5.26 Å². The zero-order valence-electron chi connectivity index (χ0n) is 3.65. The third-order valence-electron chi connectivity index (χ3n) is 0.377. The van der Waals surface area contributed by atoms with Gasteiger partial charge >= 0.3 is 5.95 Å². The highest BCUT2D eigenvalue weighted by molar-refractivity contribution is 5.19. The molecule has 4 heteroatoms. The minimum Gasteiger partial charge on any atom is -0.233 e. The van der Waals surface area contributed by atoms with Crippen LogP contribution in [0.15, 0.2) is 11.8 Å². The molecule has 0 aliphatic heterocycles. The van der Waals surface area contributed by atoms with Crippen molar-refractivity contribution in [3.63, 3.8) is 0 Å². The molecule has 0 saturated heterocycles. The summed E-state index contributed by atoms with van der Waals surface area (Å²) in [5.41, 5.74) is 0. The van der Waals surface area contributed by atoms with Crippen LogP contribution in [-0.2, 0) is 0 Å². The molecular formula is C4F2N2. The van der Waals surface area contributed by atoms with Crippen LogP contribution in [0.2, 0.25) is 0 Å². The summed E-state index contributed by atoms with van der Waals surface area (Å²) in [6.45, 7) is 5.84. The second-order valence-corrected chi connectivity index (χ2v) is 0.828. The summed E-state index contributed by atoms with van der Waals surface area (Å²) in [5.74, 6) is -3.35. The molecule has 8 heavy (non-hydrogen) atoms. The minimum absolute atomic E-state index is 0.840. The normalized spacial score (nSPS) is 11.0. The van der Waals surface area contributed by atoms with Gasteiger partial charge in [0.25, 0.3) is 0 Å². The Hall–Kier alpha value is -1.42. The summed E-state index contributed by atoms with van der Waals surface area (Å²) >= 11 is 0. The Morgan fingerprint density at radius 2 is 2.12 bits per heavy atom. The van der Waals surface area contributed by atoms with Crippen molar-refractivity contribution in [2.45, 2.75) is 0 Å². The van der Waals surface area contributed by atoms with E-state index in [1.807, 2.05) is 4.85 Å². The lowest BCUT2D eigenvalue weighted by molar-refractivity contribution is 0.575. The number of halogens is 2. The standard InChI is InChI=1S/C4F2N2/c1-8-4(6)3(5)2-7/b4-3+. The molecule has 0 aromatic carbocycles. The molecule has 0 rings (SSSR count). The highest BCUT2D eigenvalue weighted by Gasteiger charge is 2.00. The first-order valence-electron chi connectivity index (χ1n) is 1.55. The molecule has 40 valence electrons. The van der Waals surface area contributed by atoms with E-state index in [0.29, 0.717) is 0 Å². The number of rotatable bonds is 0. The highest BCUT2D eigenvalue weighted by Crippen LogP contribution is 2.06. The average Bonchev–Trinajstić information content (AvgIpc) is 1.84. The Labute approximate surface area is 44.5 Å². The number of hydrogen-bond acceptors (Lipinski definition) is 1. The fourth-order valence-corrected chi connectivity index (χ4v) is 0.0952. The van der Waals surface area contributed by atoms with Crippen molar-refractivity contribution in [1.29, 1.82) is 5.26 Å². The van der Waals surface area contributed by atoms with E-state index in [1.54, 1.807) is 0 Å². The molecule has 0 radical (unpaired) electrons. The van der Waals surface area contributed by atoms with Crippen LogP contribution in [0.25, 0.3) is 4.85 Å². The minimum atomic E-state index is -1.69. The third kappa shape index (κ3) is 1.36. The van der Waals surface area contributed by atoms with Crippen molar-refractivity contribution in [1.82, 2.24) is 0 Å². The van der Waals surface area contributed by atoms with Crippen molar-refractivity contribution in [2.75, 3.05) is 0 Å². The molecule has 0 heterocycles. The van der Waals surface area contributed by atoms with Crippen LogP contribution in [0, 0.1) is 17.9 Å². The molecule has 0 aliphatic carbocycles.